The highest BCUT2D eigenvalue weighted by atomic mass is 16.5. The SMILES string of the molecule is COc1ccc([C@H]2CNC(=O)[C@H](Cc3cccc(C#N)c3)C2)cc1OC1CCCC1. The second kappa shape index (κ2) is 9.21. The Morgan fingerprint density at radius 2 is 1.97 bits per heavy atom. The lowest BCUT2D eigenvalue weighted by Crippen LogP contribution is -2.41. The van der Waals surface area contributed by atoms with Crippen LogP contribution in [0, 0.1) is 17.2 Å². The van der Waals surface area contributed by atoms with Gasteiger partial charge in [0.1, 0.15) is 0 Å². The third-order valence-corrected chi connectivity index (χ3v) is 6.26. The van der Waals surface area contributed by atoms with Crippen LogP contribution in [0.5, 0.6) is 11.5 Å². The van der Waals surface area contributed by atoms with Gasteiger partial charge in [0, 0.05) is 18.4 Å². The Labute approximate surface area is 178 Å². The third-order valence-electron chi connectivity index (χ3n) is 6.26. The minimum atomic E-state index is -0.112. The lowest BCUT2D eigenvalue weighted by molar-refractivity contribution is -0.126. The Bertz CT molecular complexity index is 944. The van der Waals surface area contributed by atoms with Crippen LogP contribution in [0.3, 0.4) is 0 Å². The maximum Gasteiger partial charge on any atom is 0.223 e. The number of carbonyl (C=O) groups is 1. The van der Waals surface area contributed by atoms with E-state index in [-0.39, 0.29) is 23.8 Å². The summed E-state index contributed by atoms with van der Waals surface area (Å²) in [7, 11) is 1.67. The van der Waals surface area contributed by atoms with Gasteiger partial charge in [-0.1, -0.05) is 18.2 Å². The molecule has 2 aromatic carbocycles. The summed E-state index contributed by atoms with van der Waals surface area (Å²) in [6.07, 6.45) is 6.30. The number of ether oxygens (including phenoxy) is 2. The van der Waals surface area contributed by atoms with E-state index >= 15 is 0 Å². The van der Waals surface area contributed by atoms with Crippen molar-refractivity contribution in [2.24, 2.45) is 5.92 Å². The number of rotatable bonds is 6. The highest BCUT2D eigenvalue weighted by Crippen LogP contribution is 2.37. The van der Waals surface area contributed by atoms with Crippen LogP contribution in [0.2, 0.25) is 0 Å². The van der Waals surface area contributed by atoms with Crippen molar-refractivity contribution < 1.29 is 14.3 Å². The van der Waals surface area contributed by atoms with Gasteiger partial charge in [-0.25, -0.2) is 0 Å². The molecule has 0 aromatic heterocycles. The fraction of sp³-hybridized carbons (Fsp3) is 0.440. The smallest absolute Gasteiger partial charge is 0.223 e. The van der Waals surface area contributed by atoms with Crippen LogP contribution < -0.4 is 14.8 Å². The maximum atomic E-state index is 12.5. The topological polar surface area (TPSA) is 71.3 Å². The zero-order valence-electron chi connectivity index (χ0n) is 17.4. The molecule has 30 heavy (non-hydrogen) atoms. The van der Waals surface area contributed by atoms with Crippen molar-refractivity contribution in [1.29, 1.82) is 5.26 Å². The number of hydrogen-bond donors (Lipinski definition) is 1. The van der Waals surface area contributed by atoms with Crippen LogP contribution in [-0.2, 0) is 11.2 Å². The monoisotopic (exact) mass is 404 g/mol. The Balaban J connectivity index is 1.50. The maximum absolute atomic E-state index is 12.5. The van der Waals surface area contributed by atoms with Gasteiger partial charge < -0.3 is 14.8 Å². The van der Waals surface area contributed by atoms with Gasteiger partial charge in [-0.3, -0.25) is 4.79 Å². The molecular formula is C25H28N2O3. The number of nitriles is 1. The second-order valence-corrected chi connectivity index (χ2v) is 8.33. The van der Waals surface area contributed by atoms with E-state index in [9.17, 15) is 4.79 Å². The summed E-state index contributed by atoms with van der Waals surface area (Å²) < 4.78 is 11.8. The first-order valence-corrected chi connectivity index (χ1v) is 10.8. The summed E-state index contributed by atoms with van der Waals surface area (Å²) >= 11 is 0. The molecule has 0 radical (unpaired) electrons. The minimum Gasteiger partial charge on any atom is -0.493 e. The molecule has 0 bridgehead atoms. The van der Waals surface area contributed by atoms with Crippen LogP contribution >= 0.6 is 0 Å². The van der Waals surface area contributed by atoms with Crippen molar-refractivity contribution in [1.82, 2.24) is 5.32 Å². The fourth-order valence-electron chi connectivity index (χ4n) is 4.61. The van der Waals surface area contributed by atoms with Crippen molar-refractivity contribution in [2.75, 3.05) is 13.7 Å². The van der Waals surface area contributed by atoms with Crippen molar-refractivity contribution in [2.45, 2.75) is 50.5 Å². The largest absolute Gasteiger partial charge is 0.493 e. The van der Waals surface area contributed by atoms with Crippen LogP contribution in [-0.4, -0.2) is 25.7 Å². The minimum absolute atomic E-state index is 0.0875. The standard InChI is InChI=1S/C25H28N2O3/c1-29-23-10-9-19(14-24(23)30-22-7-2-3-8-22)21-13-20(25(28)27-16-21)12-17-5-4-6-18(11-17)15-26/h4-6,9-11,14,20-22H,2-3,7-8,12-13,16H2,1H3,(H,27,28)/t20-,21-/m1/s1. The Kier molecular flexibility index (Phi) is 6.23. The van der Waals surface area contributed by atoms with E-state index in [4.69, 9.17) is 14.7 Å². The number of carbonyl (C=O) groups excluding carboxylic acids is 1. The summed E-state index contributed by atoms with van der Waals surface area (Å²) in [4.78, 5) is 12.5. The van der Waals surface area contributed by atoms with Crippen molar-refractivity contribution in [3.05, 3.63) is 59.2 Å². The number of nitrogens with one attached hydrogen (secondary N) is 1. The summed E-state index contributed by atoms with van der Waals surface area (Å²) in [5, 5.41) is 12.2. The molecule has 5 heteroatoms. The predicted molar refractivity (Wildman–Crippen MR) is 115 cm³/mol. The van der Waals surface area contributed by atoms with Crippen molar-refractivity contribution in [3.63, 3.8) is 0 Å². The molecule has 5 nitrogen and oxygen atoms in total. The molecule has 2 aromatic rings. The first-order valence-electron chi connectivity index (χ1n) is 10.8. The summed E-state index contributed by atoms with van der Waals surface area (Å²) in [5.74, 6) is 1.76. The zero-order chi connectivity index (χ0) is 20.9. The molecule has 1 amide bonds. The number of methoxy groups -OCH3 is 1. The van der Waals surface area contributed by atoms with Crippen LogP contribution in [0.15, 0.2) is 42.5 Å². The average Bonchev–Trinajstić information content (AvgIpc) is 3.28. The summed E-state index contributed by atoms with van der Waals surface area (Å²) in [6, 6.07) is 15.8. The molecule has 2 fully saturated rings. The normalized spacial score (nSPS) is 21.7. The highest BCUT2D eigenvalue weighted by Gasteiger charge is 2.30. The average molecular weight is 405 g/mol. The van der Waals surface area contributed by atoms with Crippen LogP contribution in [0.1, 0.15) is 54.7 Å². The van der Waals surface area contributed by atoms with E-state index in [1.54, 1.807) is 13.2 Å². The molecule has 1 saturated carbocycles. The molecule has 1 N–H and O–H groups in total. The second-order valence-electron chi connectivity index (χ2n) is 8.33. The number of piperidine rings is 1. The molecule has 1 aliphatic carbocycles. The van der Waals surface area contributed by atoms with Gasteiger partial charge >= 0.3 is 0 Å². The highest BCUT2D eigenvalue weighted by molar-refractivity contribution is 5.80. The Morgan fingerprint density at radius 1 is 1.13 bits per heavy atom. The molecule has 156 valence electrons. The van der Waals surface area contributed by atoms with Gasteiger partial charge in [0.05, 0.1) is 24.8 Å². The molecule has 0 spiro atoms. The van der Waals surface area contributed by atoms with E-state index in [2.05, 4.69) is 23.5 Å². The zero-order valence-corrected chi connectivity index (χ0v) is 17.4. The molecule has 4 rings (SSSR count). The summed E-state index contributed by atoms with van der Waals surface area (Å²) in [6.45, 7) is 0.628. The molecule has 2 atom stereocenters. The van der Waals surface area contributed by atoms with E-state index in [1.807, 2.05) is 24.3 Å². The van der Waals surface area contributed by atoms with Crippen LogP contribution in [0.25, 0.3) is 0 Å². The van der Waals surface area contributed by atoms with E-state index in [0.717, 1.165) is 36.3 Å². The predicted octanol–water partition coefficient (Wildman–Crippen LogP) is 4.35. The van der Waals surface area contributed by atoms with E-state index < -0.39 is 0 Å². The quantitative estimate of drug-likeness (QED) is 0.777. The van der Waals surface area contributed by atoms with Crippen LogP contribution in [0.4, 0.5) is 0 Å². The van der Waals surface area contributed by atoms with Crippen molar-refractivity contribution >= 4 is 5.91 Å². The number of amides is 1. The Morgan fingerprint density at radius 3 is 2.73 bits per heavy atom. The Hall–Kier alpha value is -3.00. The molecular weight excluding hydrogens is 376 g/mol. The molecule has 2 aliphatic rings. The molecule has 1 heterocycles. The van der Waals surface area contributed by atoms with Gasteiger partial charge in [0.15, 0.2) is 11.5 Å². The number of hydrogen-bond acceptors (Lipinski definition) is 4. The van der Waals surface area contributed by atoms with Gasteiger partial charge in [0.25, 0.3) is 0 Å². The van der Waals surface area contributed by atoms with Crippen molar-refractivity contribution in [3.8, 4) is 17.6 Å². The molecule has 1 saturated heterocycles. The molecule has 0 unspecified atom stereocenters. The van der Waals surface area contributed by atoms with Gasteiger partial charge in [-0.05, 0) is 73.9 Å². The first-order chi connectivity index (χ1) is 14.7. The third kappa shape index (κ3) is 4.59. The molecule has 1 aliphatic heterocycles. The van der Waals surface area contributed by atoms with E-state index in [0.29, 0.717) is 18.5 Å². The fourth-order valence-corrected chi connectivity index (χ4v) is 4.61. The van der Waals surface area contributed by atoms with Gasteiger partial charge in [-0.15, -0.1) is 0 Å². The summed E-state index contributed by atoms with van der Waals surface area (Å²) in [5.41, 5.74) is 2.82. The van der Waals surface area contributed by atoms with Gasteiger partial charge in [-0.2, -0.15) is 5.26 Å². The lowest BCUT2D eigenvalue weighted by Gasteiger charge is -2.30. The van der Waals surface area contributed by atoms with Gasteiger partial charge in [0.2, 0.25) is 5.91 Å². The number of nitrogens with zero attached hydrogens (tertiary/aromatic N) is 1. The van der Waals surface area contributed by atoms with E-state index in [1.165, 1.54) is 18.4 Å². The lowest BCUT2D eigenvalue weighted by atomic mass is 9.82. The first kappa shape index (κ1) is 20.3. The number of benzene rings is 2.